The smallest absolute Gasteiger partial charge is 0.231 e. The molecule has 0 aliphatic carbocycles. The summed E-state index contributed by atoms with van der Waals surface area (Å²) in [6.07, 6.45) is 1.27. The molecule has 1 aromatic heterocycles. The molecule has 24 heavy (non-hydrogen) atoms. The van der Waals surface area contributed by atoms with Crippen LogP contribution < -0.4 is 4.74 Å². The van der Waals surface area contributed by atoms with Gasteiger partial charge in [0.25, 0.3) is 0 Å². The van der Waals surface area contributed by atoms with E-state index >= 15 is 0 Å². The third-order valence-corrected chi connectivity index (χ3v) is 4.33. The molecule has 1 aliphatic heterocycles. The van der Waals surface area contributed by atoms with E-state index in [1.165, 1.54) is 0 Å². The normalized spacial score (nSPS) is 18.2. The largest absolute Gasteiger partial charge is 0.497 e. The van der Waals surface area contributed by atoms with Crippen LogP contribution in [0.5, 0.6) is 5.75 Å². The fourth-order valence-corrected chi connectivity index (χ4v) is 2.91. The number of nitrogens with zero attached hydrogens (tertiary/aromatic N) is 3. The average Bonchev–Trinajstić information content (AvgIpc) is 3.07. The van der Waals surface area contributed by atoms with Crippen LogP contribution in [0.3, 0.4) is 0 Å². The van der Waals surface area contributed by atoms with Crippen LogP contribution in [0.4, 0.5) is 0 Å². The number of ether oxygens (including phenoxy) is 1. The van der Waals surface area contributed by atoms with Crippen molar-refractivity contribution in [3.63, 3.8) is 0 Å². The fourth-order valence-electron chi connectivity index (χ4n) is 2.91. The van der Waals surface area contributed by atoms with E-state index < -0.39 is 0 Å². The zero-order chi connectivity index (χ0) is 17.1. The van der Waals surface area contributed by atoms with Crippen LogP contribution in [0.2, 0.25) is 0 Å². The molecule has 0 N–H and O–H groups in total. The average molecular weight is 329 g/mol. The second kappa shape index (κ2) is 7.03. The highest BCUT2D eigenvalue weighted by atomic mass is 16.5. The number of carbonyl (C=O) groups is 1. The van der Waals surface area contributed by atoms with Crippen molar-refractivity contribution in [2.75, 3.05) is 13.7 Å². The summed E-state index contributed by atoms with van der Waals surface area (Å²) in [4.78, 5) is 18.6. The third-order valence-electron chi connectivity index (χ3n) is 4.33. The summed E-state index contributed by atoms with van der Waals surface area (Å²) in [7, 11) is 1.64. The summed E-state index contributed by atoms with van der Waals surface area (Å²) >= 11 is 0. The SMILES string of the molecule is COc1cccc(CN2C[C@H](c3nc(C(C)C)no3)CCC2=O)c1. The molecule has 0 unspecified atom stereocenters. The molecule has 0 spiro atoms. The fraction of sp³-hybridized carbons (Fsp3) is 0.500. The van der Waals surface area contributed by atoms with E-state index in [1.54, 1.807) is 7.11 Å². The highest BCUT2D eigenvalue weighted by Crippen LogP contribution is 2.28. The molecule has 6 heteroatoms. The number of methoxy groups -OCH3 is 1. The van der Waals surface area contributed by atoms with Crippen molar-refractivity contribution in [2.45, 2.75) is 45.1 Å². The second-order valence-corrected chi connectivity index (χ2v) is 6.51. The van der Waals surface area contributed by atoms with E-state index in [1.807, 2.05) is 43.0 Å². The predicted molar refractivity (Wildman–Crippen MR) is 88.8 cm³/mol. The molecule has 3 rings (SSSR count). The number of rotatable bonds is 5. The van der Waals surface area contributed by atoms with Crippen molar-refractivity contribution in [1.29, 1.82) is 0 Å². The lowest BCUT2D eigenvalue weighted by Crippen LogP contribution is -2.38. The molecule has 1 fully saturated rings. The highest BCUT2D eigenvalue weighted by Gasteiger charge is 2.30. The summed E-state index contributed by atoms with van der Waals surface area (Å²) < 4.78 is 10.7. The number of carbonyl (C=O) groups excluding carboxylic acids is 1. The van der Waals surface area contributed by atoms with Gasteiger partial charge < -0.3 is 14.2 Å². The number of likely N-dealkylation sites (tertiary alicyclic amines) is 1. The van der Waals surface area contributed by atoms with Crippen LogP contribution in [-0.4, -0.2) is 34.6 Å². The Hall–Kier alpha value is -2.37. The number of aromatic nitrogens is 2. The van der Waals surface area contributed by atoms with Gasteiger partial charge in [-0.05, 0) is 24.1 Å². The first-order chi connectivity index (χ1) is 11.6. The van der Waals surface area contributed by atoms with E-state index in [9.17, 15) is 4.79 Å². The minimum absolute atomic E-state index is 0.105. The summed E-state index contributed by atoms with van der Waals surface area (Å²) in [6, 6.07) is 7.80. The van der Waals surface area contributed by atoms with Crippen molar-refractivity contribution in [3.05, 3.63) is 41.5 Å². The molecule has 1 aromatic carbocycles. The van der Waals surface area contributed by atoms with Gasteiger partial charge in [0, 0.05) is 25.4 Å². The quantitative estimate of drug-likeness (QED) is 0.843. The molecule has 6 nitrogen and oxygen atoms in total. The molecule has 1 aliphatic rings. The van der Waals surface area contributed by atoms with E-state index in [0.717, 1.165) is 23.6 Å². The summed E-state index contributed by atoms with van der Waals surface area (Å²) in [5.74, 6) is 2.67. The number of hydrogen-bond acceptors (Lipinski definition) is 5. The van der Waals surface area contributed by atoms with Gasteiger partial charge in [-0.3, -0.25) is 4.79 Å². The maximum absolute atomic E-state index is 12.3. The molecule has 0 radical (unpaired) electrons. The molecule has 2 heterocycles. The van der Waals surface area contributed by atoms with E-state index in [2.05, 4.69) is 10.1 Å². The molecular formula is C18H23N3O3. The number of benzene rings is 1. The Labute approximate surface area is 141 Å². The van der Waals surface area contributed by atoms with Crippen LogP contribution in [0.15, 0.2) is 28.8 Å². The van der Waals surface area contributed by atoms with Crippen molar-refractivity contribution >= 4 is 5.91 Å². The molecule has 1 amide bonds. The lowest BCUT2D eigenvalue weighted by molar-refractivity contribution is -0.134. The van der Waals surface area contributed by atoms with Gasteiger partial charge in [0.2, 0.25) is 11.8 Å². The predicted octanol–water partition coefficient (Wildman–Crippen LogP) is 3.11. The first-order valence-corrected chi connectivity index (χ1v) is 8.31. The zero-order valence-corrected chi connectivity index (χ0v) is 14.4. The van der Waals surface area contributed by atoms with Gasteiger partial charge in [0.15, 0.2) is 5.82 Å². The van der Waals surface area contributed by atoms with Gasteiger partial charge in [-0.2, -0.15) is 4.98 Å². The Morgan fingerprint density at radius 3 is 2.96 bits per heavy atom. The second-order valence-electron chi connectivity index (χ2n) is 6.51. The Morgan fingerprint density at radius 1 is 1.42 bits per heavy atom. The van der Waals surface area contributed by atoms with Crippen LogP contribution in [0.1, 0.15) is 55.8 Å². The van der Waals surface area contributed by atoms with Crippen molar-refractivity contribution in [1.82, 2.24) is 15.0 Å². The molecule has 0 saturated carbocycles. The van der Waals surface area contributed by atoms with Crippen LogP contribution in [0, 0.1) is 0 Å². The van der Waals surface area contributed by atoms with Crippen LogP contribution >= 0.6 is 0 Å². The van der Waals surface area contributed by atoms with Crippen LogP contribution in [-0.2, 0) is 11.3 Å². The van der Waals surface area contributed by atoms with Crippen molar-refractivity contribution in [3.8, 4) is 5.75 Å². The molecule has 2 aromatic rings. The summed E-state index contributed by atoms with van der Waals surface area (Å²) in [5, 5.41) is 4.04. The monoisotopic (exact) mass is 329 g/mol. The Morgan fingerprint density at radius 2 is 2.25 bits per heavy atom. The molecule has 1 atom stereocenters. The topological polar surface area (TPSA) is 68.5 Å². The summed E-state index contributed by atoms with van der Waals surface area (Å²) in [5.41, 5.74) is 1.05. The zero-order valence-electron chi connectivity index (χ0n) is 14.4. The minimum Gasteiger partial charge on any atom is -0.497 e. The lowest BCUT2D eigenvalue weighted by Gasteiger charge is -2.31. The Kier molecular flexibility index (Phi) is 4.83. The number of hydrogen-bond donors (Lipinski definition) is 0. The number of amides is 1. The van der Waals surface area contributed by atoms with Gasteiger partial charge in [-0.25, -0.2) is 0 Å². The maximum atomic E-state index is 12.3. The summed E-state index contributed by atoms with van der Waals surface area (Å²) in [6.45, 7) is 5.25. The van der Waals surface area contributed by atoms with Gasteiger partial charge in [0.1, 0.15) is 5.75 Å². The molecule has 0 bridgehead atoms. The van der Waals surface area contributed by atoms with E-state index in [0.29, 0.717) is 25.4 Å². The van der Waals surface area contributed by atoms with Crippen molar-refractivity contribution in [2.24, 2.45) is 0 Å². The third kappa shape index (κ3) is 3.58. The van der Waals surface area contributed by atoms with Gasteiger partial charge >= 0.3 is 0 Å². The van der Waals surface area contributed by atoms with E-state index in [4.69, 9.17) is 9.26 Å². The highest BCUT2D eigenvalue weighted by molar-refractivity contribution is 5.77. The standard InChI is InChI=1S/C18H23N3O3/c1-12(2)17-19-18(24-20-17)14-7-8-16(22)21(11-14)10-13-5-4-6-15(9-13)23-3/h4-6,9,12,14H,7-8,10-11H2,1-3H3/t14-/m1/s1. The Balaban J connectivity index is 1.71. The van der Waals surface area contributed by atoms with Gasteiger partial charge in [-0.1, -0.05) is 31.1 Å². The van der Waals surface area contributed by atoms with E-state index in [-0.39, 0.29) is 17.7 Å². The number of piperidine rings is 1. The Bertz CT molecular complexity index is 711. The first-order valence-electron chi connectivity index (χ1n) is 8.31. The van der Waals surface area contributed by atoms with Gasteiger partial charge in [-0.15, -0.1) is 0 Å². The molecule has 1 saturated heterocycles. The minimum atomic E-state index is 0.105. The lowest BCUT2D eigenvalue weighted by atomic mass is 9.97. The van der Waals surface area contributed by atoms with Crippen LogP contribution in [0.25, 0.3) is 0 Å². The maximum Gasteiger partial charge on any atom is 0.231 e. The van der Waals surface area contributed by atoms with Gasteiger partial charge in [0.05, 0.1) is 13.0 Å². The first kappa shape index (κ1) is 16.5. The molecular weight excluding hydrogens is 306 g/mol. The molecule has 128 valence electrons. The van der Waals surface area contributed by atoms with Crippen molar-refractivity contribution < 1.29 is 14.1 Å².